The molecule has 0 fully saturated rings. The number of rotatable bonds is 6. The van der Waals surface area contributed by atoms with Crippen LogP contribution in [-0.4, -0.2) is 39.9 Å². The van der Waals surface area contributed by atoms with Crippen molar-refractivity contribution < 1.29 is 20.4 Å². The minimum atomic E-state index is 0.0457. The number of hydrogen-bond donors (Lipinski definition) is 6. The number of hydrazone groups is 2. The van der Waals surface area contributed by atoms with Crippen LogP contribution >= 0.6 is 47.8 Å². The van der Waals surface area contributed by atoms with Crippen LogP contribution in [0.5, 0.6) is 17.2 Å². The molecule has 0 bridgehead atoms. The van der Waals surface area contributed by atoms with Crippen LogP contribution in [0.4, 0.5) is 0 Å². The van der Waals surface area contributed by atoms with E-state index in [0.717, 1.165) is 13.4 Å². The van der Waals surface area contributed by atoms with Crippen LogP contribution in [0, 0.1) is 0 Å². The molecule has 0 heterocycles. The van der Waals surface area contributed by atoms with Gasteiger partial charge in [0.15, 0.2) is 0 Å². The van der Waals surface area contributed by atoms with Gasteiger partial charge >= 0.3 is 0 Å². The lowest BCUT2D eigenvalue weighted by atomic mass is 10.2. The summed E-state index contributed by atoms with van der Waals surface area (Å²) in [7, 11) is 0. The summed E-state index contributed by atoms with van der Waals surface area (Å²) in [6, 6.07) is 14.8. The molecule has 34 heavy (non-hydrogen) atoms. The maximum absolute atomic E-state index is 9.96. The number of halogens is 3. The Labute approximate surface area is 220 Å². The summed E-state index contributed by atoms with van der Waals surface area (Å²) in [5.74, 6) is 0.266. The standard InChI is InChI=1S/C22H17Br3N6O3/c23-16-1-4-19(32)13(7-16)10-26-29-22(30-27-11-14-8-17(24)2-5-20(14)33)31-28-12-15-9-18(25)3-6-21(15)34/h1-12,32-34H,(H2,29,30,31)/p+1/b26-10-,27-11-,28-12-. The van der Waals surface area contributed by atoms with E-state index < -0.39 is 0 Å². The van der Waals surface area contributed by atoms with Crippen molar-refractivity contribution in [3.63, 3.8) is 0 Å². The van der Waals surface area contributed by atoms with E-state index in [4.69, 9.17) is 0 Å². The van der Waals surface area contributed by atoms with Gasteiger partial charge in [-0.15, -0.1) is 15.6 Å². The lowest BCUT2D eigenvalue weighted by Gasteiger charge is -2.02. The van der Waals surface area contributed by atoms with Gasteiger partial charge in [-0.3, -0.25) is 0 Å². The fourth-order valence-corrected chi connectivity index (χ4v) is 3.60. The summed E-state index contributed by atoms with van der Waals surface area (Å²) < 4.78 is 2.35. The molecule has 6 N–H and O–H groups in total. The molecule has 0 radical (unpaired) electrons. The zero-order valence-electron chi connectivity index (χ0n) is 17.2. The quantitative estimate of drug-likeness (QED) is 0.138. The molecule has 0 spiro atoms. The van der Waals surface area contributed by atoms with Gasteiger partial charge in [0.25, 0.3) is 5.96 Å². The third-order valence-corrected chi connectivity index (χ3v) is 5.60. The highest BCUT2D eigenvalue weighted by Gasteiger charge is 2.04. The Morgan fingerprint density at radius 2 is 1.24 bits per heavy atom. The Balaban J connectivity index is 1.80. The van der Waals surface area contributed by atoms with E-state index >= 15 is 0 Å². The number of nitrogens with one attached hydrogen (secondary N) is 3. The second-order valence-corrected chi connectivity index (χ2v) is 9.33. The molecule has 0 saturated carbocycles. The van der Waals surface area contributed by atoms with Gasteiger partial charge in [-0.05, 0) is 54.6 Å². The van der Waals surface area contributed by atoms with E-state index in [9.17, 15) is 15.3 Å². The first-order chi connectivity index (χ1) is 16.3. The Morgan fingerprint density at radius 1 is 0.735 bits per heavy atom. The van der Waals surface area contributed by atoms with Crippen LogP contribution in [-0.2, 0) is 0 Å². The number of hydrogen-bond acceptors (Lipinski definition) is 6. The van der Waals surface area contributed by atoms with Gasteiger partial charge in [-0.2, -0.15) is 10.2 Å². The maximum atomic E-state index is 9.96. The largest absolute Gasteiger partial charge is 0.507 e. The Morgan fingerprint density at radius 3 is 1.82 bits per heavy atom. The molecule has 3 aromatic rings. The second-order valence-electron chi connectivity index (χ2n) is 6.59. The summed E-state index contributed by atoms with van der Waals surface area (Å²) in [5, 5.41) is 44.7. The van der Waals surface area contributed by atoms with Crippen molar-refractivity contribution in [2.75, 3.05) is 0 Å². The predicted molar refractivity (Wildman–Crippen MR) is 142 cm³/mol. The van der Waals surface area contributed by atoms with Crippen molar-refractivity contribution in [2.24, 2.45) is 15.3 Å². The zero-order valence-corrected chi connectivity index (χ0v) is 22.0. The first-order valence-corrected chi connectivity index (χ1v) is 11.9. The van der Waals surface area contributed by atoms with Gasteiger partial charge in [0.05, 0.1) is 18.0 Å². The summed E-state index contributed by atoms with van der Waals surface area (Å²) in [6.45, 7) is 0. The molecule has 0 unspecified atom stereocenters. The molecule has 0 aliphatic rings. The highest BCUT2D eigenvalue weighted by molar-refractivity contribution is 9.11. The number of phenolic OH excluding ortho intramolecular Hbond substituents is 3. The number of aromatic hydroxyl groups is 3. The van der Waals surface area contributed by atoms with Gasteiger partial charge in [0.2, 0.25) is 6.21 Å². The molecular weight excluding hydrogens is 636 g/mol. The normalized spacial score (nSPS) is 12.1. The topological polar surface area (TPSA) is 136 Å². The van der Waals surface area contributed by atoms with Crippen LogP contribution < -0.4 is 16.0 Å². The first kappa shape index (κ1) is 25.4. The minimum Gasteiger partial charge on any atom is -0.507 e. The summed E-state index contributed by atoms with van der Waals surface area (Å²) in [4.78, 5) is 0. The highest BCUT2D eigenvalue weighted by Crippen LogP contribution is 2.21. The fraction of sp³-hybridized carbons (Fsp3) is 0. The summed E-state index contributed by atoms with van der Waals surface area (Å²) in [6.07, 6.45) is 4.30. The molecule has 0 aromatic heterocycles. The fourth-order valence-electron chi connectivity index (χ4n) is 2.47. The van der Waals surface area contributed by atoms with Crippen LogP contribution in [0.1, 0.15) is 16.7 Å². The molecule has 0 aliphatic heterocycles. The molecule has 174 valence electrons. The van der Waals surface area contributed by atoms with Crippen molar-refractivity contribution in [1.82, 2.24) is 10.9 Å². The smallest absolute Gasteiger partial charge is 0.291 e. The highest BCUT2D eigenvalue weighted by atomic mass is 79.9. The molecular formula is C22H18Br3N6O3+. The van der Waals surface area contributed by atoms with E-state index in [1.165, 1.54) is 30.8 Å². The van der Waals surface area contributed by atoms with E-state index in [-0.39, 0.29) is 23.2 Å². The molecule has 0 atom stereocenters. The molecule has 9 nitrogen and oxygen atoms in total. The number of phenols is 3. The average Bonchev–Trinajstić information content (AvgIpc) is 2.80. The number of hydrazine groups is 1. The lowest BCUT2D eigenvalue weighted by molar-refractivity contribution is -0.500. The molecule has 3 aromatic carbocycles. The second kappa shape index (κ2) is 12.3. The Bertz CT molecular complexity index is 1230. The van der Waals surface area contributed by atoms with Crippen LogP contribution in [0.2, 0.25) is 0 Å². The molecule has 0 aliphatic carbocycles. The van der Waals surface area contributed by atoms with Crippen molar-refractivity contribution in [3.8, 4) is 17.2 Å². The van der Waals surface area contributed by atoms with Crippen molar-refractivity contribution >= 4 is 72.4 Å². The number of guanidine groups is 1. The van der Waals surface area contributed by atoms with E-state index in [0.29, 0.717) is 16.7 Å². The van der Waals surface area contributed by atoms with E-state index in [2.05, 4.69) is 79.0 Å². The van der Waals surface area contributed by atoms with Gasteiger partial charge < -0.3 is 15.3 Å². The van der Waals surface area contributed by atoms with Crippen LogP contribution in [0.3, 0.4) is 0 Å². The van der Waals surface area contributed by atoms with Crippen molar-refractivity contribution in [2.45, 2.75) is 0 Å². The molecule has 0 saturated heterocycles. The SMILES string of the molecule is Oc1ccc(Br)cc1/C=N\N=C(N/N=C\c1cc(Br)ccc1O)N/[NH+]=C\c1cc(Br)ccc1O. The summed E-state index contributed by atoms with van der Waals surface area (Å²) in [5.41, 5.74) is 6.91. The van der Waals surface area contributed by atoms with Crippen molar-refractivity contribution in [3.05, 3.63) is 84.7 Å². The Kier molecular flexibility index (Phi) is 9.19. The number of benzene rings is 3. The van der Waals surface area contributed by atoms with Crippen LogP contribution in [0.15, 0.2) is 83.3 Å². The van der Waals surface area contributed by atoms with Crippen LogP contribution in [0.25, 0.3) is 0 Å². The third-order valence-electron chi connectivity index (χ3n) is 4.12. The summed E-state index contributed by atoms with van der Waals surface area (Å²) >= 11 is 10.0. The van der Waals surface area contributed by atoms with Gasteiger partial charge in [0, 0.05) is 24.5 Å². The number of nitrogens with zero attached hydrogens (tertiary/aromatic N) is 3. The monoisotopic (exact) mass is 651 g/mol. The lowest BCUT2D eigenvalue weighted by Crippen LogP contribution is -2.82. The third kappa shape index (κ3) is 7.68. The van der Waals surface area contributed by atoms with E-state index in [1.807, 2.05) is 0 Å². The van der Waals surface area contributed by atoms with Gasteiger partial charge in [-0.25, -0.2) is 5.43 Å². The predicted octanol–water partition coefficient (Wildman–Crippen LogP) is 3.11. The maximum Gasteiger partial charge on any atom is 0.291 e. The Hall–Kier alpha value is -3.22. The van der Waals surface area contributed by atoms with Crippen molar-refractivity contribution in [1.29, 1.82) is 0 Å². The average molecular weight is 654 g/mol. The van der Waals surface area contributed by atoms with Gasteiger partial charge in [0.1, 0.15) is 17.2 Å². The molecule has 12 heteroatoms. The molecule has 3 rings (SSSR count). The first-order valence-electron chi connectivity index (χ1n) is 9.52. The van der Waals surface area contributed by atoms with E-state index in [1.54, 1.807) is 42.5 Å². The molecule has 0 amide bonds. The minimum absolute atomic E-state index is 0.0457. The zero-order chi connectivity index (χ0) is 24.5. The van der Waals surface area contributed by atoms with Gasteiger partial charge in [-0.1, -0.05) is 47.8 Å².